The minimum atomic E-state index is -0.330. The van der Waals surface area contributed by atoms with Crippen molar-refractivity contribution in [3.8, 4) is 5.75 Å². The normalized spacial score (nSPS) is 10.8. The van der Waals surface area contributed by atoms with Gasteiger partial charge in [-0.2, -0.15) is 0 Å². The van der Waals surface area contributed by atoms with Crippen LogP contribution in [0, 0.1) is 0 Å². The van der Waals surface area contributed by atoms with Crippen LogP contribution in [0.4, 0.5) is 5.69 Å². The van der Waals surface area contributed by atoms with Crippen molar-refractivity contribution in [2.75, 3.05) is 5.32 Å². The van der Waals surface area contributed by atoms with Crippen LogP contribution in [0.3, 0.4) is 0 Å². The second-order valence-electron chi connectivity index (χ2n) is 5.39. The summed E-state index contributed by atoms with van der Waals surface area (Å²) in [6.07, 6.45) is 1.45. The summed E-state index contributed by atoms with van der Waals surface area (Å²) in [4.78, 5) is 12.6. The van der Waals surface area contributed by atoms with Crippen LogP contribution < -0.4 is 10.1 Å². The molecule has 0 spiro atoms. The molecule has 0 fully saturated rings. The number of benzene rings is 2. The van der Waals surface area contributed by atoms with Gasteiger partial charge in [0.05, 0.1) is 17.5 Å². The van der Waals surface area contributed by atoms with Crippen LogP contribution in [0.1, 0.15) is 16.1 Å². The van der Waals surface area contributed by atoms with Gasteiger partial charge in [-0.05, 0) is 52.8 Å². The Bertz CT molecular complexity index is 1060. The Hall–Kier alpha value is -3.13. The minimum Gasteiger partial charge on any atom is -0.486 e. The summed E-state index contributed by atoms with van der Waals surface area (Å²) in [6.45, 7) is 0.132. The van der Waals surface area contributed by atoms with E-state index in [1.165, 1.54) is 6.26 Å². The predicted octanol–water partition coefficient (Wildman–Crippen LogP) is 4.41. The van der Waals surface area contributed by atoms with Crippen molar-refractivity contribution >= 4 is 38.6 Å². The molecule has 2 heterocycles. The van der Waals surface area contributed by atoms with Gasteiger partial charge in [-0.3, -0.25) is 4.79 Å². The van der Waals surface area contributed by atoms with Crippen molar-refractivity contribution in [2.45, 2.75) is 6.61 Å². The quantitative estimate of drug-likeness (QED) is 0.520. The van der Waals surface area contributed by atoms with Gasteiger partial charge < -0.3 is 14.5 Å². The van der Waals surface area contributed by atoms with E-state index in [1.807, 2.05) is 24.3 Å². The molecule has 2 aromatic carbocycles. The first-order valence-electron chi connectivity index (χ1n) is 7.68. The summed E-state index contributed by atoms with van der Waals surface area (Å²) in [6, 6.07) is 14.2. The molecule has 1 amide bonds. The summed E-state index contributed by atoms with van der Waals surface area (Å²) in [7, 11) is 0. The van der Waals surface area contributed by atoms with E-state index in [2.05, 4.69) is 31.6 Å². The summed E-state index contributed by atoms with van der Waals surface area (Å²) in [5.74, 6) is 0.772. The summed E-state index contributed by atoms with van der Waals surface area (Å²) in [5, 5.41) is 10.4. The van der Waals surface area contributed by atoms with Crippen LogP contribution in [0.25, 0.3) is 11.0 Å². The lowest BCUT2D eigenvalue weighted by Gasteiger charge is -2.07. The zero-order chi connectivity index (χ0) is 17.9. The third kappa shape index (κ3) is 3.31. The lowest BCUT2D eigenvalue weighted by Crippen LogP contribution is -2.14. The number of fused-ring (bicyclic) bond motifs is 1. The van der Waals surface area contributed by atoms with E-state index in [0.29, 0.717) is 33.8 Å². The van der Waals surface area contributed by atoms with Crippen molar-refractivity contribution in [3.63, 3.8) is 0 Å². The molecule has 0 aliphatic rings. The van der Waals surface area contributed by atoms with Gasteiger partial charge in [0, 0.05) is 4.47 Å². The first-order valence-corrected chi connectivity index (χ1v) is 8.47. The molecule has 4 rings (SSSR count). The Morgan fingerprint density at radius 3 is 2.81 bits per heavy atom. The van der Waals surface area contributed by atoms with Gasteiger partial charge in [0.25, 0.3) is 5.91 Å². The van der Waals surface area contributed by atoms with E-state index in [9.17, 15) is 4.79 Å². The van der Waals surface area contributed by atoms with Crippen molar-refractivity contribution in [1.82, 2.24) is 10.3 Å². The molecule has 0 unspecified atom stereocenters. The number of hydrogen-bond donors (Lipinski definition) is 1. The summed E-state index contributed by atoms with van der Waals surface area (Å²) < 4.78 is 16.7. The van der Waals surface area contributed by atoms with Crippen LogP contribution in [0.5, 0.6) is 5.75 Å². The fourth-order valence-electron chi connectivity index (χ4n) is 2.43. The summed E-state index contributed by atoms with van der Waals surface area (Å²) >= 11 is 3.37. The van der Waals surface area contributed by atoms with E-state index in [1.54, 1.807) is 24.3 Å². The Morgan fingerprint density at radius 1 is 1.12 bits per heavy atom. The molecule has 8 heteroatoms. The number of carbonyl (C=O) groups is 1. The molecule has 26 heavy (non-hydrogen) atoms. The van der Waals surface area contributed by atoms with Gasteiger partial charge in [-0.15, -0.1) is 0 Å². The zero-order valence-electron chi connectivity index (χ0n) is 13.3. The van der Waals surface area contributed by atoms with Crippen LogP contribution in [0.15, 0.2) is 68.3 Å². The summed E-state index contributed by atoms with van der Waals surface area (Å²) in [5.41, 5.74) is 1.94. The van der Waals surface area contributed by atoms with Gasteiger partial charge in [0.2, 0.25) is 0 Å². The lowest BCUT2D eigenvalue weighted by atomic mass is 10.2. The molecule has 0 saturated heterocycles. The first-order chi connectivity index (χ1) is 12.7. The van der Waals surface area contributed by atoms with Gasteiger partial charge in [-0.25, -0.2) is 4.63 Å². The van der Waals surface area contributed by atoms with Gasteiger partial charge in [0.15, 0.2) is 11.3 Å². The predicted molar refractivity (Wildman–Crippen MR) is 96.9 cm³/mol. The Balaban J connectivity index is 1.50. The number of ether oxygens (including phenoxy) is 1. The Labute approximate surface area is 156 Å². The molecule has 0 saturated carbocycles. The SMILES string of the molecule is O=C(Nc1cccc2nonc12)c1ccoc1COc1ccc(Br)cc1. The van der Waals surface area contributed by atoms with E-state index in [-0.39, 0.29) is 12.5 Å². The van der Waals surface area contributed by atoms with Crippen molar-refractivity contribution in [2.24, 2.45) is 0 Å². The third-order valence-electron chi connectivity index (χ3n) is 3.71. The second kappa shape index (κ2) is 7.01. The van der Waals surface area contributed by atoms with Crippen molar-refractivity contribution < 1.29 is 18.6 Å². The number of aromatic nitrogens is 2. The Kier molecular flexibility index (Phi) is 4.40. The maximum atomic E-state index is 12.6. The number of furan rings is 1. The number of halogens is 1. The van der Waals surface area contributed by atoms with Gasteiger partial charge >= 0.3 is 0 Å². The third-order valence-corrected chi connectivity index (χ3v) is 4.24. The van der Waals surface area contributed by atoms with Crippen LogP contribution in [0.2, 0.25) is 0 Å². The molecule has 1 N–H and O–H groups in total. The number of anilines is 1. The average molecular weight is 414 g/mol. The highest BCUT2D eigenvalue weighted by Crippen LogP contribution is 2.22. The van der Waals surface area contributed by atoms with Gasteiger partial charge in [-0.1, -0.05) is 22.0 Å². The first kappa shape index (κ1) is 16.3. The molecule has 7 nitrogen and oxygen atoms in total. The maximum Gasteiger partial charge on any atom is 0.259 e. The smallest absolute Gasteiger partial charge is 0.259 e. The van der Waals surface area contributed by atoms with E-state index < -0.39 is 0 Å². The van der Waals surface area contributed by atoms with E-state index in [0.717, 1.165) is 4.47 Å². The number of rotatable bonds is 5. The molecule has 0 atom stereocenters. The number of carbonyl (C=O) groups excluding carboxylic acids is 1. The molecule has 130 valence electrons. The van der Waals surface area contributed by atoms with Crippen molar-refractivity contribution in [1.29, 1.82) is 0 Å². The zero-order valence-corrected chi connectivity index (χ0v) is 14.9. The molecule has 0 aliphatic heterocycles. The number of nitrogens with one attached hydrogen (secondary N) is 1. The molecule has 0 bridgehead atoms. The highest BCUT2D eigenvalue weighted by atomic mass is 79.9. The monoisotopic (exact) mass is 413 g/mol. The standard InChI is InChI=1S/C18H12BrN3O4/c19-11-4-6-12(7-5-11)25-10-16-13(8-9-24-16)18(23)20-14-2-1-3-15-17(14)22-26-21-15/h1-9H,10H2,(H,20,23). The molecule has 4 aromatic rings. The fraction of sp³-hybridized carbons (Fsp3) is 0.0556. The largest absolute Gasteiger partial charge is 0.486 e. The lowest BCUT2D eigenvalue weighted by molar-refractivity contribution is 0.102. The molecule has 0 aliphatic carbocycles. The molecular formula is C18H12BrN3O4. The minimum absolute atomic E-state index is 0.132. The highest BCUT2D eigenvalue weighted by Gasteiger charge is 2.17. The highest BCUT2D eigenvalue weighted by molar-refractivity contribution is 9.10. The number of nitrogens with zero attached hydrogens (tertiary/aromatic N) is 2. The average Bonchev–Trinajstić information content (AvgIpc) is 3.31. The van der Waals surface area contributed by atoms with Crippen molar-refractivity contribution in [3.05, 3.63) is 70.6 Å². The molecule has 2 aromatic heterocycles. The van der Waals surface area contributed by atoms with E-state index in [4.69, 9.17) is 13.8 Å². The number of amides is 1. The van der Waals surface area contributed by atoms with Crippen LogP contribution in [-0.4, -0.2) is 16.2 Å². The van der Waals surface area contributed by atoms with Gasteiger partial charge in [0.1, 0.15) is 17.9 Å². The number of hydrogen-bond acceptors (Lipinski definition) is 6. The van der Waals surface area contributed by atoms with Crippen LogP contribution >= 0.6 is 15.9 Å². The molecular weight excluding hydrogens is 402 g/mol. The molecule has 0 radical (unpaired) electrons. The fourth-order valence-corrected chi connectivity index (χ4v) is 2.70. The second-order valence-corrected chi connectivity index (χ2v) is 6.31. The van der Waals surface area contributed by atoms with Crippen LogP contribution in [-0.2, 0) is 6.61 Å². The van der Waals surface area contributed by atoms with E-state index >= 15 is 0 Å². The Morgan fingerprint density at radius 2 is 1.96 bits per heavy atom. The maximum absolute atomic E-state index is 12.6. The topological polar surface area (TPSA) is 90.4 Å².